The summed E-state index contributed by atoms with van der Waals surface area (Å²) in [5.41, 5.74) is -1.29. The number of halogens is 1. The van der Waals surface area contributed by atoms with Gasteiger partial charge in [0.1, 0.15) is 5.60 Å². The third kappa shape index (κ3) is 4.81. The molecule has 0 spiro atoms. The number of carbonyl (C=O) groups is 1. The molecule has 1 aliphatic rings. The van der Waals surface area contributed by atoms with Gasteiger partial charge in [-0.15, -0.1) is 0 Å². The Balaban J connectivity index is 1.88. The fraction of sp³-hybridized carbons (Fsp3) is 0.478. The van der Waals surface area contributed by atoms with E-state index in [0.717, 1.165) is 5.56 Å². The van der Waals surface area contributed by atoms with Gasteiger partial charge in [-0.2, -0.15) is 0 Å². The van der Waals surface area contributed by atoms with Crippen molar-refractivity contribution >= 4 is 5.97 Å². The lowest BCUT2D eigenvalue weighted by molar-refractivity contribution is -0.162. The standard InChI is InChI=1S/C23H27FN2O2/c1-22(2,3)28-21(27)18-10-12-23(24,13-11-20-25-14-15-26(20)4)16-19(18)17-8-6-5-7-9-17/h5-9,14-15,18-19H,10,12,16H2,1-4H3/t18-,19+,23+/m1/s1. The average molecular weight is 382 g/mol. The van der Waals surface area contributed by atoms with Gasteiger partial charge in [0.25, 0.3) is 0 Å². The second-order valence-corrected chi connectivity index (χ2v) is 8.48. The van der Waals surface area contributed by atoms with Gasteiger partial charge in [0.15, 0.2) is 11.5 Å². The molecule has 28 heavy (non-hydrogen) atoms. The molecule has 1 fully saturated rings. The fourth-order valence-electron chi connectivity index (χ4n) is 3.66. The lowest BCUT2D eigenvalue weighted by Crippen LogP contribution is -2.39. The molecule has 0 N–H and O–H groups in total. The maximum Gasteiger partial charge on any atom is 0.310 e. The summed E-state index contributed by atoms with van der Waals surface area (Å²) in [7, 11) is 1.83. The van der Waals surface area contributed by atoms with Crippen LogP contribution < -0.4 is 0 Å². The Kier molecular flexibility index (Phi) is 5.60. The van der Waals surface area contributed by atoms with Gasteiger partial charge < -0.3 is 9.30 Å². The predicted molar refractivity (Wildman–Crippen MR) is 106 cm³/mol. The summed E-state index contributed by atoms with van der Waals surface area (Å²) in [6.45, 7) is 5.55. The van der Waals surface area contributed by atoms with E-state index in [2.05, 4.69) is 16.8 Å². The molecule has 148 valence electrons. The molecule has 3 atom stereocenters. The van der Waals surface area contributed by atoms with Gasteiger partial charge in [0, 0.05) is 31.8 Å². The SMILES string of the molecule is Cn1ccnc1C#C[C@@]1(F)CC[C@@H](C(=O)OC(C)(C)C)[C@H](c2ccccc2)C1. The van der Waals surface area contributed by atoms with Gasteiger partial charge in [-0.05, 0) is 45.1 Å². The molecule has 0 saturated heterocycles. The van der Waals surface area contributed by atoms with Crippen molar-refractivity contribution in [3.8, 4) is 11.8 Å². The monoisotopic (exact) mass is 382 g/mol. The highest BCUT2D eigenvalue weighted by Gasteiger charge is 2.45. The zero-order valence-corrected chi connectivity index (χ0v) is 16.9. The molecule has 2 aromatic rings. The van der Waals surface area contributed by atoms with Crippen LogP contribution in [0.3, 0.4) is 0 Å². The van der Waals surface area contributed by atoms with Crippen LogP contribution in [0.25, 0.3) is 0 Å². The fourth-order valence-corrected chi connectivity index (χ4v) is 3.66. The Hall–Kier alpha value is -2.61. The Bertz CT molecular complexity index is 889. The molecule has 3 rings (SSSR count). The van der Waals surface area contributed by atoms with Crippen LogP contribution in [-0.2, 0) is 16.6 Å². The largest absolute Gasteiger partial charge is 0.460 e. The van der Waals surface area contributed by atoms with E-state index >= 15 is 4.39 Å². The first-order chi connectivity index (χ1) is 13.2. The van der Waals surface area contributed by atoms with E-state index in [4.69, 9.17) is 4.74 Å². The molecular formula is C23H27FN2O2. The van der Waals surface area contributed by atoms with Gasteiger partial charge in [0.2, 0.25) is 0 Å². The van der Waals surface area contributed by atoms with Crippen LogP contribution in [0.2, 0.25) is 0 Å². The minimum atomic E-state index is -1.66. The topological polar surface area (TPSA) is 44.1 Å². The molecule has 1 aromatic heterocycles. The number of aromatic nitrogens is 2. The second kappa shape index (κ2) is 7.79. The van der Waals surface area contributed by atoms with Crippen LogP contribution in [0.1, 0.15) is 57.3 Å². The molecule has 4 nitrogen and oxygen atoms in total. The van der Waals surface area contributed by atoms with Crippen molar-refractivity contribution < 1.29 is 13.9 Å². The molecule has 1 heterocycles. The molecular weight excluding hydrogens is 355 g/mol. The summed E-state index contributed by atoms with van der Waals surface area (Å²) in [5, 5.41) is 0. The van der Waals surface area contributed by atoms with E-state index in [1.54, 1.807) is 17.0 Å². The van der Waals surface area contributed by atoms with Crippen molar-refractivity contribution in [3.63, 3.8) is 0 Å². The third-order valence-corrected chi connectivity index (χ3v) is 5.04. The summed E-state index contributed by atoms with van der Waals surface area (Å²) in [6, 6.07) is 9.63. The third-order valence-electron chi connectivity index (χ3n) is 5.04. The highest BCUT2D eigenvalue weighted by molar-refractivity contribution is 5.74. The molecule has 1 saturated carbocycles. The molecule has 0 aliphatic heterocycles. The highest BCUT2D eigenvalue weighted by Crippen LogP contribution is 2.45. The zero-order chi connectivity index (χ0) is 20.4. The van der Waals surface area contributed by atoms with Gasteiger partial charge >= 0.3 is 5.97 Å². The van der Waals surface area contributed by atoms with Crippen LogP contribution in [0.5, 0.6) is 0 Å². The number of nitrogens with zero attached hydrogens (tertiary/aromatic N) is 2. The maximum atomic E-state index is 15.6. The molecule has 0 radical (unpaired) electrons. The summed E-state index contributed by atoms with van der Waals surface area (Å²) in [6.07, 6.45) is 4.19. The van der Waals surface area contributed by atoms with E-state index in [9.17, 15) is 4.79 Å². The normalized spacial score (nSPS) is 24.9. The number of hydrogen-bond acceptors (Lipinski definition) is 3. The summed E-state index contributed by atoms with van der Waals surface area (Å²) < 4.78 is 23.0. The number of alkyl halides is 1. The number of rotatable bonds is 2. The van der Waals surface area contributed by atoms with Crippen LogP contribution in [-0.4, -0.2) is 26.8 Å². The van der Waals surface area contributed by atoms with Crippen molar-refractivity contribution in [2.75, 3.05) is 0 Å². The number of aryl methyl sites for hydroxylation is 1. The van der Waals surface area contributed by atoms with E-state index < -0.39 is 11.3 Å². The zero-order valence-electron chi connectivity index (χ0n) is 16.9. The number of hydrogen-bond donors (Lipinski definition) is 0. The van der Waals surface area contributed by atoms with Crippen molar-refractivity contribution in [2.45, 2.75) is 57.2 Å². The van der Waals surface area contributed by atoms with Crippen molar-refractivity contribution in [2.24, 2.45) is 13.0 Å². The second-order valence-electron chi connectivity index (χ2n) is 8.48. The van der Waals surface area contributed by atoms with Crippen molar-refractivity contribution in [3.05, 3.63) is 54.1 Å². The van der Waals surface area contributed by atoms with Crippen molar-refractivity contribution in [1.82, 2.24) is 9.55 Å². The summed E-state index contributed by atoms with van der Waals surface area (Å²) >= 11 is 0. The van der Waals surface area contributed by atoms with Gasteiger partial charge in [-0.1, -0.05) is 36.3 Å². The molecule has 1 aliphatic carbocycles. The number of esters is 1. The minimum absolute atomic E-state index is 0.165. The first kappa shape index (κ1) is 20.1. The molecule has 0 unspecified atom stereocenters. The van der Waals surface area contributed by atoms with Gasteiger partial charge in [-0.3, -0.25) is 4.79 Å². The van der Waals surface area contributed by atoms with Crippen LogP contribution in [0.15, 0.2) is 42.7 Å². The minimum Gasteiger partial charge on any atom is -0.460 e. The molecule has 1 aromatic carbocycles. The van der Waals surface area contributed by atoms with Crippen LogP contribution in [0.4, 0.5) is 4.39 Å². The van der Waals surface area contributed by atoms with E-state index in [1.165, 1.54) is 0 Å². The predicted octanol–water partition coefficient (Wildman–Crippen LogP) is 4.41. The van der Waals surface area contributed by atoms with Gasteiger partial charge in [-0.25, -0.2) is 9.37 Å². The van der Waals surface area contributed by atoms with Crippen LogP contribution >= 0.6 is 0 Å². The van der Waals surface area contributed by atoms with Gasteiger partial charge in [0.05, 0.1) is 5.92 Å². The molecule has 0 amide bonds. The highest BCUT2D eigenvalue weighted by atomic mass is 19.1. The molecule has 0 bridgehead atoms. The number of imidazole rings is 1. The first-order valence-electron chi connectivity index (χ1n) is 9.64. The Labute approximate surface area is 166 Å². The number of carbonyl (C=O) groups excluding carboxylic acids is 1. The lowest BCUT2D eigenvalue weighted by atomic mass is 9.70. The first-order valence-corrected chi connectivity index (χ1v) is 9.64. The van der Waals surface area contributed by atoms with E-state index in [-0.39, 0.29) is 30.6 Å². The quantitative estimate of drug-likeness (QED) is 0.571. The lowest BCUT2D eigenvalue weighted by Gasteiger charge is -2.37. The number of ether oxygens (including phenoxy) is 1. The Morgan fingerprint density at radius 3 is 2.64 bits per heavy atom. The molecule has 5 heteroatoms. The van der Waals surface area contributed by atoms with E-state index in [0.29, 0.717) is 12.2 Å². The van der Waals surface area contributed by atoms with Crippen molar-refractivity contribution in [1.29, 1.82) is 0 Å². The smallest absolute Gasteiger partial charge is 0.310 e. The number of benzene rings is 1. The Morgan fingerprint density at radius 1 is 1.32 bits per heavy atom. The average Bonchev–Trinajstić information content (AvgIpc) is 3.04. The Morgan fingerprint density at radius 2 is 2.04 bits per heavy atom. The summed E-state index contributed by atoms with van der Waals surface area (Å²) in [5.74, 6) is 5.28. The van der Waals surface area contributed by atoms with E-state index in [1.807, 2.05) is 58.2 Å². The summed E-state index contributed by atoms with van der Waals surface area (Å²) in [4.78, 5) is 16.9. The van der Waals surface area contributed by atoms with Crippen LogP contribution in [0, 0.1) is 17.8 Å². The maximum absolute atomic E-state index is 15.6.